The summed E-state index contributed by atoms with van der Waals surface area (Å²) in [7, 11) is 0. The quantitative estimate of drug-likeness (QED) is 0.869. The van der Waals surface area contributed by atoms with E-state index in [1.165, 1.54) is 32.1 Å². The van der Waals surface area contributed by atoms with Crippen molar-refractivity contribution >= 4 is 16.8 Å². The van der Waals surface area contributed by atoms with Crippen molar-refractivity contribution in [2.75, 3.05) is 12.3 Å². The monoisotopic (exact) mass is 273 g/mol. The van der Waals surface area contributed by atoms with Gasteiger partial charge in [-0.05, 0) is 37.9 Å². The van der Waals surface area contributed by atoms with Gasteiger partial charge in [0.05, 0.1) is 6.54 Å². The maximum Gasteiger partial charge on any atom is 0.209 e. The molecule has 0 bridgehead atoms. The standard InChI is InChI=1S/C16H23N3O/c1-2-13-6-4-3-5-9-19(13)11-16-18-14-8-7-12(17)10-15(14)20-16/h7-8,10,13H,2-6,9,11,17H2,1H3. The van der Waals surface area contributed by atoms with Crippen LogP contribution in [-0.2, 0) is 6.54 Å². The fourth-order valence-electron chi connectivity index (χ4n) is 3.14. The Balaban J connectivity index is 1.80. The van der Waals surface area contributed by atoms with Gasteiger partial charge in [-0.25, -0.2) is 4.98 Å². The van der Waals surface area contributed by atoms with Gasteiger partial charge in [-0.2, -0.15) is 0 Å². The summed E-state index contributed by atoms with van der Waals surface area (Å²) < 4.78 is 5.85. The van der Waals surface area contributed by atoms with Crippen molar-refractivity contribution in [3.8, 4) is 0 Å². The van der Waals surface area contributed by atoms with Crippen LogP contribution < -0.4 is 5.73 Å². The number of fused-ring (bicyclic) bond motifs is 1. The summed E-state index contributed by atoms with van der Waals surface area (Å²) in [6.07, 6.45) is 6.47. The number of hydrogen-bond donors (Lipinski definition) is 1. The normalized spacial score (nSPS) is 21.1. The molecule has 1 aliphatic heterocycles. The minimum atomic E-state index is 0.664. The van der Waals surface area contributed by atoms with Crippen LogP contribution in [-0.4, -0.2) is 22.5 Å². The van der Waals surface area contributed by atoms with Crippen LogP contribution in [0.15, 0.2) is 22.6 Å². The first-order chi connectivity index (χ1) is 9.76. The van der Waals surface area contributed by atoms with E-state index in [0.29, 0.717) is 6.04 Å². The Morgan fingerprint density at radius 1 is 1.35 bits per heavy atom. The summed E-state index contributed by atoms with van der Waals surface area (Å²) in [6, 6.07) is 6.32. The zero-order chi connectivity index (χ0) is 13.9. The lowest BCUT2D eigenvalue weighted by Crippen LogP contribution is -2.33. The smallest absolute Gasteiger partial charge is 0.209 e. The van der Waals surface area contributed by atoms with E-state index in [4.69, 9.17) is 10.2 Å². The number of nitrogens with zero attached hydrogens (tertiary/aromatic N) is 2. The minimum absolute atomic E-state index is 0.664. The van der Waals surface area contributed by atoms with Crippen molar-refractivity contribution in [2.24, 2.45) is 0 Å². The molecule has 0 amide bonds. The van der Waals surface area contributed by atoms with Gasteiger partial charge in [-0.3, -0.25) is 4.90 Å². The van der Waals surface area contributed by atoms with Crippen LogP contribution in [0, 0.1) is 0 Å². The maximum absolute atomic E-state index is 5.85. The number of oxazole rings is 1. The average Bonchev–Trinajstić information content (AvgIpc) is 2.68. The van der Waals surface area contributed by atoms with Crippen LogP contribution in [0.5, 0.6) is 0 Å². The number of anilines is 1. The molecule has 1 unspecified atom stereocenters. The number of benzene rings is 1. The van der Waals surface area contributed by atoms with Crippen LogP contribution >= 0.6 is 0 Å². The Morgan fingerprint density at radius 3 is 3.10 bits per heavy atom. The van der Waals surface area contributed by atoms with Crippen molar-refractivity contribution in [3.05, 3.63) is 24.1 Å². The summed E-state index contributed by atoms with van der Waals surface area (Å²) in [5.41, 5.74) is 8.20. The summed E-state index contributed by atoms with van der Waals surface area (Å²) in [5.74, 6) is 0.811. The summed E-state index contributed by atoms with van der Waals surface area (Å²) in [4.78, 5) is 7.11. The highest BCUT2D eigenvalue weighted by atomic mass is 16.3. The van der Waals surface area contributed by atoms with Crippen molar-refractivity contribution < 1.29 is 4.42 Å². The number of hydrogen-bond acceptors (Lipinski definition) is 4. The molecule has 3 rings (SSSR count). The molecule has 0 radical (unpaired) electrons. The molecule has 4 heteroatoms. The fourth-order valence-corrected chi connectivity index (χ4v) is 3.14. The van der Waals surface area contributed by atoms with Gasteiger partial charge in [0.2, 0.25) is 5.89 Å². The van der Waals surface area contributed by atoms with E-state index in [0.717, 1.165) is 35.8 Å². The molecule has 1 fully saturated rings. The molecule has 2 aromatic rings. The minimum Gasteiger partial charge on any atom is -0.439 e. The van der Waals surface area contributed by atoms with Crippen LogP contribution in [0.2, 0.25) is 0 Å². The lowest BCUT2D eigenvalue weighted by atomic mass is 10.1. The second kappa shape index (κ2) is 5.83. The molecular formula is C16H23N3O. The third-order valence-electron chi connectivity index (χ3n) is 4.27. The zero-order valence-electron chi connectivity index (χ0n) is 12.1. The second-order valence-corrected chi connectivity index (χ2v) is 5.72. The van der Waals surface area contributed by atoms with E-state index in [-0.39, 0.29) is 0 Å². The topological polar surface area (TPSA) is 55.3 Å². The van der Waals surface area contributed by atoms with Crippen LogP contribution in [0.1, 0.15) is 44.9 Å². The first kappa shape index (κ1) is 13.4. The summed E-state index contributed by atoms with van der Waals surface area (Å²) in [5, 5.41) is 0. The van der Waals surface area contributed by atoms with Crippen molar-refractivity contribution in [2.45, 2.75) is 51.6 Å². The molecule has 1 atom stereocenters. The molecule has 0 spiro atoms. The van der Waals surface area contributed by atoms with Crippen LogP contribution in [0.3, 0.4) is 0 Å². The van der Waals surface area contributed by atoms with Crippen LogP contribution in [0.4, 0.5) is 5.69 Å². The Labute approximate surface area is 120 Å². The number of rotatable bonds is 3. The van der Waals surface area contributed by atoms with E-state index >= 15 is 0 Å². The first-order valence-electron chi connectivity index (χ1n) is 7.65. The molecule has 2 N–H and O–H groups in total. The Hall–Kier alpha value is -1.55. The van der Waals surface area contributed by atoms with E-state index in [1.54, 1.807) is 0 Å². The lowest BCUT2D eigenvalue weighted by molar-refractivity contribution is 0.170. The Bertz CT molecular complexity index is 578. The van der Waals surface area contributed by atoms with E-state index < -0.39 is 0 Å². The number of nitrogen functional groups attached to an aromatic ring is 1. The number of aromatic nitrogens is 1. The zero-order valence-corrected chi connectivity index (χ0v) is 12.1. The largest absolute Gasteiger partial charge is 0.439 e. The molecule has 1 aliphatic rings. The third-order valence-corrected chi connectivity index (χ3v) is 4.27. The molecule has 4 nitrogen and oxygen atoms in total. The molecule has 0 saturated carbocycles. The van der Waals surface area contributed by atoms with Gasteiger partial charge in [0, 0.05) is 17.8 Å². The molecule has 1 aromatic heterocycles. The maximum atomic E-state index is 5.85. The fraction of sp³-hybridized carbons (Fsp3) is 0.562. The highest BCUT2D eigenvalue weighted by Gasteiger charge is 2.21. The predicted molar refractivity (Wildman–Crippen MR) is 81.4 cm³/mol. The Kier molecular flexibility index (Phi) is 3.92. The molecule has 1 aromatic carbocycles. The van der Waals surface area contributed by atoms with Crippen molar-refractivity contribution in [1.29, 1.82) is 0 Å². The SMILES string of the molecule is CCC1CCCCCN1Cc1nc2ccc(N)cc2o1. The van der Waals surface area contributed by atoms with E-state index in [1.807, 2.05) is 18.2 Å². The van der Waals surface area contributed by atoms with Crippen LogP contribution in [0.25, 0.3) is 11.1 Å². The van der Waals surface area contributed by atoms with E-state index in [2.05, 4.69) is 16.8 Å². The Morgan fingerprint density at radius 2 is 2.25 bits per heavy atom. The molecule has 108 valence electrons. The van der Waals surface area contributed by atoms with Crippen molar-refractivity contribution in [1.82, 2.24) is 9.88 Å². The summed E-state index contributed by atoms with van der Waals surface area (Å²) in [6.45, 7) is 4.24. The lowest BCUT2D eigenvalue weighted by Gasteiger charge is -2.27. The van der Waals surface area contributed by atoms with Gasteiger partial charge in [0.1, 0.15) is 5.52 Å². The number of likely N-dealkylation sites (tertiary alicyclic amines) is 1. The average molecular weight is 273 g/mol. The van der Waals surface area contributed by atoms with Gasteiger partial charge in [-0.15, -0.1) is 0 Å². The summed E-state index contributed by atoms with van der Waals surface area (Å²) >= 11 is 0. The second-order valence-electron chi connectivity index (χ2n) is 5.72. The first-order valence-corrected chi connectivity index (χ1v) is 7.65. The van der Waals surface area contributed by atoms with Crippen molar-refractivity contribution in [3.63, 3.8) is 0 Å². The van der Waals surface area contributed by atoms with Gasteiger partial charge < -0.3 is 10.2 Å². The molecular weight excluding hydrogens is 250 g/mol. The highest BCUT2D eigenvalue weighted by molar-refractivity contribution is 5.76. The van der Waals surface area contributed by atoms with Gasteiger partial charge in [0.15, 0.2) is 5.58 Å². The van der Waals surface area contributed by atoms with Gasteiger partial charge >= 0.3 is 0 Å². The molecule has 20 heavy (non-hydrogen) atoms. The highest BCUT2D eigenvalue weighted by Crippen LogP contribution is 2.23. The van der Waals surface area contributed by atoms with Gasteiger partial charge in [-0.1, -0.05) is 19.8 Å². The molecule has 0 aliphatic carbocycles. The van der Waals surface area contributed by atoms with Gasteiger partial charge in [0.25, 0.3) is 0 Å². The molecule has 2 heterocycles. The van der Waals surface area contributed by atoms with E-state index in [9.17, 15) is 0 Å². The predicted octanol–water partition coefficient (Wildman–Crippen LogP) is 3.56. The number of nitrogens with two attached hydrogens (primary N) is 1. The third kappa shape index (κ3) is 2.80. The molecule has 1 saturated heterocycles.